The Morgan fingerprint density at radius 3 is 2.12 bits per heavy atom. The van der Waals surface area contributed by atoms with Crippen molar-refractivity contribution < 1.29 is 32.3 Å². The molecule has 7 nitrogen and oxygen atoms in total. The summed E-state index contributed by atoms with van der Waals surface area (Å²) >= 11 is 0. The van der Waals surface area contributed by atoms with Crippen LogP contribution in [-0.2, 0) is 14.3 Å². The number of alkyl halides is 3. The summed E-state index contributed by atoms with van der Waals surface area (Å²) in [6.45, 7) is 5.22. The first-order valence-corrected chi connectivity index (χ1v) is 7.51. The summed E-state index contributed by atoms with van der Waals surface area (Å²) in [7, 11) is 0. The molecule has 1 saturated heterocycles. The standard InChI is InChI=1S/C14H22F3N3O4/c1-13(2,3)24-12(23)18-8-10(21)20-6-4-9(5-7-20)19-11(22)14(15,16)17/h9H,4-8H2,1-3H3,(H,18,23)(H,19,22). The molecule has 0 bridgehead atoms. The first-order chi connectivity index (χ1) is 10.9. The minimum absolute atomic E-state index is 0.206. The molecule has 3 amide bonds. The maximum atomic E-state index is 12.2. The molecule has 1 aliphatic rings. The lowest BCUT2D eigenvalue weighted by molar-refractivity contribution is -0.174. The smallest absolute Gasteiger partial charge is 0.444 e. The Balaban J connectivity index is 2.33. The van der Waals surface area contributed by atoms with Crippen LogP contribution in [0.2, 0.25) is 0 Å². The molecule has 10 heteroatoms. The summed E-state index contributed by atoms with van der Waals surface area (Å²) in [6, 6.07) is -0.623. The summed E-state index contributed by atoms with van der Waals surface area (Å²) in [5.41, 5.74) is -0.678. The quantitative estimate of drug-likeness (QED) is 0.798. The number of rotatable bonds is 3. The van der Waals surface area contributed by atoms with E-state index in [0.29, 0.717) is 0 Å². The summed E-state index contributed by atoms with van der Waals surface area (Å²) in [5.74, 6) is -2.33. The molecule has 1 aliphatic heterocycles. The molecule has 0 atom stereocenters. The van der Waals surface area contributed by atoms with Gasteiger partial charge in [-0.1, -0.05) is 0 Å². The van der Waals surface area contributed by atoms with Crippen LogP contribution in [0, 0.1) is 0 Å². The van der Waals surface area contributed by atoms with Crippen molar-refractivity contribution in [2.45, 2.75) is 51.4 Å². The minimum atomic E-state index is -4.91. The maximum Gasteiger partial charge on any atom is 0.471 e. The SMILES string of the molecule is CC(C)(C)OC(=O)NCC(=O)N1CCC(NC(=O)C(F)(F)F)CC1. The summed E-state index contributed by atoms with van der Waals surface area (Å²) in [6.07, 6.45) is -5.19. The first kappa shape index (κ1) is 20.0. The molecule has 0 aromatic rings. The van der Waals surface area contributed by atoms with Crippen LogP contribution in [-0.4, -0.2) is 60.3 Å². The molecule has 1 heterocycles. The number of nitrogens with one attached hydrogen (secondary N) is 2. The fraction of sp³-hybridized carbons (Fsp3) is 0.786. The number of piperidine rings is 1. The molecule has 0 saturated carbocycles. The third kappa shape index (κ3) is 7.05. The van der Waals surface area contributed by atoms with Gasteiger partial charge in [0.15, 0.2) is 0 Å². The van der Waals surface area contributed by atoms with Gasteiger partial charge in [-0.15, -0.1) is 0 Å². The van der Waals surface area contributed by atoms with E-state index >= 15 is 0 Å². The van der Waals surface area contributed by atoms with Crippen LogP contribution in [0.25, 0.3) is 0 Å². The lowest BCUT2D eigenvalue weighted by Crippen LogP contribution is -2.51. The highest BCUT2D eigenvalue weighted by Crippen LogP contribution is 2.17. The molecule has 1 rings (SSSR count). The number of halogens is 3. The van der Waals surface area contributed by atoms with E-state index in [0.717, 1.165) is 0 Å². The summed E-state index contributed by atoms with van der Waals surface area (Å²) in [4.78, 5) is 35.7. The van der Waals surface area contributed by atoms with Gasteiger partial charge in [-0.25, -0.2) is 4.79 Å². The highest BCUT2D eigenvalue weighted by molar-refractivity contribution is 5.83. The second-order valence-corrected chi connectivity index (χ2v) is 6.48. The number of carbonyl (C=O) groups is 3. The topological polar surface area (TPSA) is 87.7 Å². The lowest BCUT2D eigenvalue weighted by atomic mass is 10.0. The molecular formula is C14H22F3N3O4. The third-order valence-electron chi connectivity index (χ3n) is 3.22. The molecule has 0 aliphatic carbocycles. The molecule has 24 heavy (non-hydrogen) atoms. The molecule has 2 N–H and O–H groups in total. The number of alkyl carbamates (subject to hydrolysis) is 1. The van der Waals surface area contributed by atoms with Crippen LogP contribution in [0.4, 0.5) is 18.0 Å². The van der Waals surface area contributed by atoms with Crippen molar-refractivity contribution in [3.8, 4) is 0 Å². The Labute approximate surface area is 137 Å². The molecule has 0 radical (unpaired) electrons. The van der Waals surface area contributed by atoms with Crippen LogP contribution in [0.1, 0.15) is 33.6 Å². The van der Waals surface area contributed by atoms with Crippen molar-refractivity contribution in [2.24, 2.45) is 0 Å². The monoisotopic (exact) mass is 353 g/mol. The Kier molecular flexibility index (Phi) is 6.44. The van der Waals surface area contributed by atoms with E-state index in [1.54, 1.807) is 20.8 Å². The fourth-order valence-corrected chi connectivity index (χ4v) is 2.11. The molecule has 138 valence electrons. The first-order valence-electron chi connectivity index (χ1n) is 7.51. The molecule has 0 spiro atoms. The van der Waals surface area contributed by atoms with Gasteiger partial charge in [0.25, 0.3) is 0 Å². The summed E-state index contributed by atoms with van der Waals surface area (Å²) in [5, 5.41) is 4.23. The largest absolute Gasteiger partial charge is 0.471 e. The van der Waals surface area contributed by atoms with E-state index in [4.69, 9.17) is 4.74 Å². The zero-order chi connectivity index (χ0) is 18.5. The van der Waals surface area contributed by atoms with Crippen molar-refractivity contribution in [2.75, 3.05) is 19.6 Å². The van der Waals surface area contributed by atoms with Gasteiger partial charge in [-0.3, -0.25) is 9.59 Å². The van der Waals surface area contributed by atoms with Crippen molar-refractivity contribution in [1.29, 1.82) is 0 Å². The average molecular weight is 353 g/mol. The highest BCUT2D eigenvalue weighted by Gasteiger charge is 2.40. The molecule has 1 fully saturated rings. The predicted octanol–water partition coefficient (Wildman–Crippen LogP) is 1.18. The normalized spacial score (nSPS) is 16.5. The van der Waals surface area contributed by atoms with Gasteiger partial charge < -0.3 is 20.3 Å². The van der Waals surface area contributed by atoms with Crippen LogP contribution >= 0.6 is 0 Å². The van der Waals surface area contributed by atoms with Gasteiger partial charge >= 0.3 is 18.2 Å². The number of nitrogens with zero attached hydrogens (tertiary/aromatic N) is 1. The predicted molar refractivity (Wildman–Crippen MR) is 78.0 cm³/mol. The van der Waals surface area contributed by atoms with Crippen molar-refractivity contribution in [3.05, 3.63) is 0 Å². The second kappa shape index (κ2) is 7.71. The highest BCUT2D eigenvalue weighted by atomic mass is 19.4. The Morgan fingerprint density at radius 1 is 1.12 bits per heavy atom. The minimum Gasteiger partial charge on any atom is -0.444 e. The van der Waals surface area contributed by atoms with Crippen molar-refractivity contribution >= 4 is 17.9 Å². The van der Waals surface area contributed by atoms with E-state index in [2.05, 4.69) is 5.32 Å². The van der Waals surface area contributed by atoms with Gasteiger partial charge in [0.05, 0.1) is 0 Å². The number of carbonyl (C=O) groups excluding carboxylic acids is 3. The molecule has 0 aromatic heterocycles. The molecule has 0 unspecified atom stereocenters. The zero-order valence-corrected chi connectivity index (χ0v) is 13.8. The molecule has 0 aromatic carbocycles. The Morgan fingerprint density at radius 2 is 1.67 bits per heavy atom. The average Bonchev–Trinajstić information content (AvgIpc) is 2.42. The molecular weight excluding hydrogens is 331 g/mol. The van der Waals surface area contributed by atoms with Gasteiger partial charge in [0, 0.05) is 19.1 Å². The van der Waals surface area contributed by atoms with Gasteiger partial charge in [-0.2, -0.15) is 13.2 Å². The second-order valence-electron chi connectivity index (χ2n) is 6.48. The van der Waals surface area contributed by atoms with E-state index < -0.39 is 29.8 Å². The van der Waals surface area contributed by atoms with E-state index in [9.17, 15) is 27.6 Å². The number of amides is 3. The van der Waals surface area contributed by atoms with E-state index in [1.807, 2.05) is 5.32 Å². The van der Waals surface area contributed by atoms with Crippen LogP contribution in [0.15, 0.2) is 0 Å². The Hall–Kier alpha value is -2.00. The summed E-state index contributed by atoms with van der Waals surface area (Å²) < 4.78 is 41.5. The van der Waals surface area contributed by atoms with Gasteiger partial charge in [-0.05, 0) is 33.6 Å². The van der Waals surface area contributed by atoms with Crippen LogP contribution in [0.3, 0.4) is 0 Å². The number of hydrogen-bond donors (Lipinski definition) is 2. The van der Waals surface area contributed by atoms with Gasteiger partial charge in [0.1, 0.15) is 12.1 Å². The number of likely N-dealkylation sites (tertiary alicyclic amines) is 1. The number of ether oxygens (including phenoxy) is 1. The zero-order valence-electron chi connectivity index (χ0n) is 13.8. The van der Waals surface area contributed by atoms with Crippen molar-refractivity contribution in [1.82, 2.24) is 15.5 Å². The van der Waals surface area contributed by atoms with Crippen LogP contribution < -0.4 is 10.6 Å². The lowest BCUT2D eigenvalue weighted by Gasteiger charge is -2.32. The number of hydrogen-bond acceptors (Lipinski definition) is 4. The maximum absolute atomic E-state index is 12.2. The van der Waals surface area contributed by atoms with E-state index in [1.165, 1.54) is 4.90 Å². The fourth-order valence-electron chi connectivity index (χ4n) is 2.11. The van der Waals surface area contributed by atoms with Gasteiger partial charge in [0.2, 0.25) is 5.91 Å². The van der Waals surface area contributed by atoms with Crippen LogP contribution in [0.5, 0.6) is 0 Å². The third-order valence-corrected chi connectivity index (χ3v) is 3.22. The van der Waals surface area contributed by atoms with E-state index in [-0.39, 0.29) is 38.4 Å². The van der Waals surface area contributed by atoms with Crippen molar-refractivity contribution in [3.63, 3.8) is 0 Å². The Bertz CT molecular complexity index is 481.